The van der Waals surface area contributed by atoms with E-state index < -0.39 is 51.1 Å². The summed E-state index contributed by atoms with van der Waals surface area (Å²) >= 11 is 0. The van der Waals surface area contributed by atoms with E-state index in [9.17, 15) is 16.8 Å². The van der Waals surface area contributed by atoms with Gasteiger partial charge in [-0.25, -0.2) is 4.79 Å². The van der Waals surface area contributed by atoms with Crippen LogP contribution in [0.3, 0.4) is 0 Å². The highest BCUT2D eigenvalue weighted by Gasteiger charge is 2.01. The van der Waals surface area contributed by atoms with Crippen molar-refractivity contribution in [2.75, 3.05) is 37.9 Å². The second kappa shape index (κ2) is 26.2. The molecular weight excluding hydrogens is 640 g/mol. The van der Waals surface area contributed by atoms with E-state index in [4.69, 9.17) is 66.1 Å². The van der Waals surface area contributed by atoms with Crippen LogP contribution in [0.5, 0.6) is 11.5 Å². The van der Waals surface area contributed by atoms with Gasteiger partial charge in [-0.1, -0.05) is 0 Å². The molecule has 0 aliphatic heterocycles. The van der Waals surface area contributed by atoms with Gasteiger partial charge in [-0.05, 0) is 67.8 Å². The Morgan fingerprint density at radius 2 is 0.933 bits per heavy atom. The van der Waals surface area contributed by atoms with Gasteiger partial charge >= 0.3 is 6.16 Å². The number of ether oxygens (including phenoxy) is 2. The Balaban J connectivity index is -0.000000719. The van der Waals surface area contributed by atoms with Crippen molar-refractivity contribution in [3.8, 4) is 11.5 Å². The second-order valence-electron chi connectivity index (χ2n) is 7.94. The lowest BCUT2D eigenvalue weighted by atomic mass is 10.2. The Morgan fingerprint density at radius 1 is 0.667 bits per heavy atom. The maximum atomic E-state index is 9.63. The van der Waals surface area contributed by atoms with Gasteiger partial charge in [0.15, 0.2) is 0 Å². The highest BCUT2D eigenvalue weighted by molar-refractivity contribution is 7.86. The Kier molecular flexibility index (Phi) is 26.3. The van der Waals surface area contributed by atoms with Gasteiger partial charge in [-0.3, -0.25) is 19.9 Å². The van der Waals surface area contributed by atoms with Crippen molar-refractivity contribution in [1.29, 1.82) is 10.8 Å². The third kappa shape index (κ3) is 32.5. The topological polar surface area (TPSA) is 325 Å². The fraction of sp³-hybridized carbons (Fsp3) is 0.346. The van der Waals surface area contributed by atoms with Crippen LogP contribution < -0.4 is 20.9 Å². The van der Waals surface area contributed by atoms with Crippen LogP contribution in [-0.4, -0.2) is 102 Å². The van der Waals surface area contributed by atoms with Gasteiger partial charge in [0.1, 0.15) is 23.2 Å². The summed E-state index contributed by atoms with van der Waals surface area (Å²) in [4.78, 5) is 8.56. The third-order valence-corrected chi connectivity index (χ3v) is 5.75. The summed E-state index contributed by atoms with van der Waals surface area (Å²) in [7, 11) is -7.85. The third-order valence-electron chi connectivity index (χ3n) is 4.36. The molecule has 0 atom stereocenters. The molecule has 0 heterocycles. The van der Waals surface area contributed by atoms with Gasteiger partial charge in [0, 0.05) is 11.1 Å². The molecule has 0 saturated heterocycles. The summed E-state index contributed by atoms with van der Waals surface area (Å²) in [6, 6.07) is 14.4. The molecule has 0 saturated carbocycles. The number of nitrogens with one attached hydrogen (secondary N) is 2. The number of unbranched alkanes of at least 4 members (excludes halogenated alkanes) is 2. The molecule has 0 spiro atoms. The number of aliphatic hydroxyl groups excluding tert-OH is 2. The first-order chi connectivity index (χ1) is 20.9. The van der Waals surface area contributed by atoms with Crippen LogP contribution in [0.2, 0.25) is 0 Å². The lowest BCUT2D eigenvalue weighted by molar-refractivity contribution is 0.137. The first kappa shape index (κ1) is 45.2. The van der Waals surface area contributed by atoms with Crippen molar-refractivity contribution in [3.63, 3.8) is 0 Å². The van der Waals surface area contributed by atoms with E-state index in [2.05, 4.69) is 13.2 Å². The van der Waals surface area contributed by atoms with E-state index in [0.29, 0.717) is 24.3 Å². The summed E-state index contributed by atoms with van der Waals surface area (Å²) in [6.45, 7) is 6.23. The Labute approximate surface area is 262 Å². The van der Waals surface area contributed by atoms with Gasteiger partial charge in [0.25, 0.3) is 20.2 Å². The molecule has 0 fully saturated rings. The second-order valence-corrected chi connectivity index (χ2v) is 11.1. The van der Waals surface area contributed by atoms with Crippen LogP contribution in [0, 0.1) is 10.8 Å². The summed E-state index contributed by atoms with van der Waals surface area (Å²) in [5, 5.41) is 44.3. The molecule has 0 unspecified atom stereocenters. The molecule has 0 aliphatic carbocycles. The van der Waals surface area contributed by atoms with Crippen molar-refractivity contribution in [3.05, 3.63) is 72.8 Å². The molecule has 12 N–H and O–H groups in total. The molecule has 256 valence electrons. The van der Waals surface area contributed by atoms with E-state index in [-0.39, 0.29) is 11.7 Å². The van der Waals surface area contributed by atoms with E-state index >= 15 is 0 Å². The van der Waals surface area contributed by atoms with Crippen LogP contribution in [0.15, 0.2) is 61.7 Å². The number of carbonyl (C=O) groups is 1. The quantitative estimate of drug-likeness (QED) is 0.0445. The van der Waals surface area contributed by atoms with E-state index in [1.54, 1.807) is 24.3 Å². The molecule has 0 aromatic heterocycles. The number of nitrogens with two attached hydrogens (primary N) is 2. The molecule has 17 nitrogen and oxygen atoms in total. The van der Waals surface area contributed by atoms with Crippen molar-refractivity contribution < 1.29 is 60.6 Å². The minimum Gasteiger partial charge on any atom is -0.494 e. The van der Waals surface area contributed by atoms with Gasteiger partial charge < -0.3 is 41.4 Å². The van der Waals surface area contributed by atoms with Gasteiger partial charge in [0.2, 0.25) is 0 Å². The molecular formula is C26H42N4O13S2. The average Bonchev–Trinajstić information content (AvgIpc) is 2.93. The minimum absolute atomic E-state index is 0.0579. The van der Waals surface area contributed by atoms with Crippen LogP contribution in [0.1, 0.15) is 30.4 Å². The molecule has 0 amide bonds. The van der Waals surface area contributed by atoms with E-state index in [0.717, 1.165) is 30.8 Å². The zero-order chi connectivity index (χ0) is 35.5. The number of aliphatic hydroxyl groups is 2. The fourth-order valence-corrected chi connectivity index (χ4v) is 2.91. The average molecular weight is 683 g/mol. The first-order valence-electron chi connectivity index (χ1n) is 12.6. The number of hydrogen-bond donors (Lipinski definition) is 10. The van der Waals surface area contributed by atoms with Crippen molar-refractivity contribution in [2.45, 2.75) is 19.3 Å². The number of benzene rings is 2. The zero-order valence-electron chi connectivity index (χ0n) is 24.4. The number of hydrogen-bond acceptors (Lipinski definition) is 11. The summed E-state index contributed by atoms with van der Waals surface area (Å²) in [5.41, 5.74) is 12.2. The minimum atomic E-state index is -3.92. The van der Waals surface area contributed by atoms with Crippen molar-refractivity contribution in [1.82, 2.24) is 0 Å². The lowest BCUT2D eigenvalue weighted by Gasteiger charge is -2.08. The number of nitrogen functional groups attached to an aromatic ring is 2. The normalized spacial score (nSPS) is 9.96. The van der Waals surface area contributed by atoms with Crippen LogP contribution in [-0.2, 0) is 20.2 Å². The smallest absolute Gasteiger partial charge is 0.494 e. The molecule has 2 aromatic rings. The first-order valence-corrected chi connectivity index (χ1v) is 15.8. The number of carboxylic acid groups (broad SMARTS) is 2. The SMILES string of the molecule is C=C.N=C(N)c1ccc(OCCCCCOc2ccc(C(=N)N)cc2)cc1.O=C(O)O.O=S(=O)(O)CCO.O=S(=O)(O)CCO. The zero-order valence-corrected chi connectivity index (χ0v) is 26.0. The van der Waals surface area contributed by atoms with E-state index in [1.807, 2.05) is 24.3 Å². The van der Waals surface area contributed by atoms with Crippen LogP contribution >= 0.6 is 0 Å². The maximum absolute atomic E-state index is 9.63. The van der Waals surface area contributed by atoms with Crippen LogP contribution in [0.4, 0.5) is 4.79 Å². The van der Waals surface area contributed by atoms with Gasteiger partial charge in [-0.15, -0.1) is 13.2 Å². The van der Waals surface area contributed by atoms with Crippen molar-refractivity contribution in [2.24, 2.45) is 11.5 Å². The summed E-state index contributed by atoms with van der Waals surface area (Å²) in [6.07, 6.45) is 1.07. The Bertz CT molecular complexity index is 1220. The van der Waals surface area contributed by atoms with Crippen molar-refractivity contribution >= 4 is 38.1 Å². The summed E-state index contributed by atoms with van der Waals surface area (Å²) < 4.78 is 65.5. The van der Waals surface area contributed by atoms with Gasteiger partial charge in [0.05, 0.1) is 37.9 Å². The lowest BCUT2D eigenvalue weighted by Crippen LogP contribution is -2.10. The highest BCUT2D eigenvalue weighted by Crippen LogP contribution is 2.14. The fourth-order valence-electron chi connectivity index (χ4n) is 2.45. The van der Waals surface area contributed by atoms with Gasteiger partial charge in [-0.2, -0.15) is 16.8 Å². The van der Waals surface area contributed by atoms with E-state index in [1.165, 1.54) is 0 Å². The number of amidine groups is 2. The predicted molar refractivity (Wildman–Crippen MR) is 169 cm³/mol. The maximum Gasteiger partial charge on any atom is 0.503 e. The molecule has 19 heteroatoms. The number of rotatable bonds is 14. The molecule has 2 aromatic carbocycles. The standard InChI is InChI=1S/C19H24N4O2.2C2H6O4S.C2H4.CH2O3/c20-18(21)14-4-8-16(9-5-14)24-12-2-1-3-13-25-17-10-6-15(7-11-17)19(22)23;2*3-1-2-7(4,5)6;1-2;2-1(3)4/h4-11H,1-3,12-13H2,(H3,20,21)(H3,22,23);2*3H,1-2H2,(H,4,5,6);1-2H2;(H2,2,3,4). The monoisotopic (exact) mass is 682 g/mol. The molecule has 2 rings (SSSR count). The molecule has 45 heavy (non-hydrogen) atoms. The largest absolute Gasteiger partial charge is 0.503 e. The highest BCUT2D eigenvalue weighted by atomic mass is 32.2. The Hall–Kier alpha value is -4.27. The molecule has 0 radical (unpaired) electrons. The van der Waals surface area contributed by atoms with Crippen LogP contribution in [0.25, 0.3) is 0 Å². The molecule has 0 aliphatic rings. The summed E-state index contributed by atoms with van der Waals surface area (Å²) in [5.74, 6) is 0.531. The Morgan fingerprint density at radius 3 is 1.11 bits per heavy atom. The molecule has 0 bridgehead atoms. The predicted octanol–water partition coefficient (Wildman–Crippen LogP) is 1.64.